The van der Waals surface area contributed by atoms with Crippen molar-refractivity contribution in [3.8, 4) is 0 Å². The molecule has 4 nitrogen and oxygen atoms in total. The molecule has 1 amide bonds. The highest BCUT2D eigenvalue weighted by Gasteiger charge is 2.14. The monoisotopic (exact) mass is 306 g/mol. The molecule has 0 heterocycles. The summed E-state index contributed by atoms with van der Waals surface area (Å²) in [7, 11) is 1.49. The van der Waals surface area contributed by atoms with Gasteiger partial charge < -0.3 is 15.8 Å². The Balaban J connectivity index is 2.72. The molecule has 0 aliphatic carbocycles. The molecule has 3 N–H and O–H groups in total. The summed E-state index contributed by atoms with van der Waals surface area (Å²) in [5.74, 6) is -0.315. The fourth-order valence-electron chi connectivity index (χ4n) is 1.07. The Labute approximate surface area is 107 Å². The summed E-state index contributed by atoms with van der Waals surface area (Å²) in [4.78, 5) is 11.6. The van der Waals surface area contributed by atoms with Crippen LogP contribution < -0.4 is 11.1 Å². The molecular weight excluding hydrogens is 295 g/mol. The number of amides is 1. The minimum Gasteiger partial charge on any atom is -0.383 e. The van der Waals surface area contributed by atoms with Crippen molar-refractivity contribution in [1.82, 2.24) is 0 Å². The number of rotatable bonds is 4. The lowest BCUT2D eigenvalue weighted by atomic mass is 10.2. The number of hydrogen-bond acceptors (Lipinski definition) is 3. The van der Waals surface area contributed by atoms with E-state index in [0.29, 0.717) is 10.7 Å². The summed E-state index contributed by atoms with van der Waals surface area (Å²) in [5, 5.41) is 3.20. The number of ether oxygens (including phenoxy) is 1. The van der Waals surface area contributed by atoms with Crippen molar-refractivity contribution in [2.75, 3.05) is 19.0 Å². The molecule has 1 aromatic carbocycles. The summed E-state index contributed by atoms with van der Waals surface area (Å²) in [6, 6.07) is 4.41. The van der Waals surface area contributed by atoms with Gasteiger partial charge in [0.25, 0.3) is 0 Å². The summed E-state index contributed by atoms with van der Waals surface area (Å²) in [5.41, 5.74) is 6.17. The maximum atomic E-state index is 11.6. The topological polar surface area (TPSA) is 64.3 Å². The second-order valence-corrected chi connectivity index (χ2v) is 4.47. The van der Waals surface area contributed by atoms with Crippen LogP contribution >= 0.6 is 27.5 Å². The van der Waals surface area contributed by atoms with Gasteiger partial charge in [0.15, 0.2) is 0 Å². The van der Waals surface area contributed by atoms with Crippen LogP contribution in [0.25, 0.3) is 0 Å². The van der Waals surface area contributed by atoms with Gasteiger partial charge in [-0.1, -0.05) is 11.6 Å². The number of carbonyl (C=O) groups excluding carboxylic acids is 1. The number of nitrogens with two attached hydrogens (primary N) is 1. The largest absolute Gasteiger partial charge is 0.383 e. The van der Waals surface area contributed by atoms with Crippen LogP contribution in [-0.4, -0.2) is 25.7 Å². The van der Waals surface area contributed by atoms with Gasteiger partial charge in [-0.05, 0) is 34.1 Å². The Morgan fingerprint density at radius 2 is 2.38 bits per heavy atom. The van der Waals surface area contributed by atoms with Crippen molar-refractivity contribution in [3.63, 3.8) is 0 Å². The van der Waals surface area contributed by atoms with Crippen LogP contribution in [0.5, 0.6) is 0 Å². The van der Waals surface area contributed by atoms with Gasteiger partial charge in [-0.3, -0.25) is 4.79 Å². The van der Waals surface area contributed by atoms with Crippen LogP contribution in [0, 0.1) is 0 Å². The molecule has 6 heteroatoms. The van der Waals surface area contributed by atoms with E-state index in [-0.39, 0.29) is 12.5 Å². The van der Waals surface area contributed by atoms with Gasteiger partial charge in [0.1, 0.15) is 6.04 Å². The van der Waals surface area contributed by atoms with E-state index in [1.54, 1.807) is 18.2 Å². The molecule has 0 aliphatic heterocycles. The molecule has 1 aromatic rings. The molecule has 0 aromatic heterocycles. The second kappa shape index (κ2) is 6.20. The molecule has 0 saturated carbocycles. The van der Waals surface area contributed by atoms with Crippen LogP contribution in [-0.2, 0) is 9.53 Å². The SMILES string of the molecule is COCC(N)C(=O)Nc1cc(Cl)ccc1Br. The zero-order valence-electron chi connectivity index (χ0n) is 8.67. The lowest BCUT2D eigenvalue weighted by Crippen LogP contribution is -2.39. The molecular formula is C10H12BrClN2O2. The quantitative estimate of drug-likeness (QED) is 0.894. The third-order valence-electron chi connectivity index (χ3n) is 1.87. The van der Waals surface area contributed by atoms with Crippen LogP contribution in [0.1, 0.15) is 0 Å². The summed E-state index contributed by atoms with van der Waals surface area (Å²) >= 11 is 9.11. The van der Waals surface area contributed by atoms with E-state index >= 15 is 0 Å². The third-order valence-corrected chi connectivity index (χ3v) is 2.80. The van der Waals surface area contributed by atoms with E-state index in [1.807, 2.05) is 0 Å². The molecule has 0 aliphatic rings. The van der Waals surface area contributed by atoms with Gasteiger partial charge in [-0.15, -0.1) is 0 Å². The van der Waals surface area contributed by atoms with Crippen LogP contribution in [0.3, 0.4) is 0 Å². The van der Waals surface area contributed by atoms with E-state index in [0.717, 1.165) is 4.47 Å². The number of halogens is 2. The Morgan fingerprint density at radius 1 is 1.69 bits per heavy atom. The van der Waals surface area contributed by atoms with Gasteiger partial charge in [0, 0.05) is 16.6 Å². The van der Waals surface area contributed by atoms with Crippen LogP contribution in [0.2, 0.25) is 5.02 Å². The maximum absolute atomic E-state index is 11.6. The maximum Gasteiger partial charge on any atom is 0.243 e. The smallest absolute Gasteiger partial charge is 0.243 e. The highest BCUT2D eigenvalue weighted by atomic mass is 79.9. The number of anilines is 1. The molecule has 1 atom stereocenters. The zero-order valence-corrected chi connectivity index (χ0v) is 11.0. The average Bonchev–Trinajstić information content (AvgIpc) is 2.23. The highest BCUT2D eigenvalue weighted by Crippen LogP contribution is 2.25. The minimum atomic E-state index is -0.698. The van der Waals surface area contributed by atoms with Gasteiger partial charge in [-0.2, -0.15) is 0 Å². The summed E-state index contributed by atoms with van der Waals surface area (Å²) < 4.78 is 5.54. The van der Waals surface area contributed by atoms with Crippen LogP contribution in [0.4, 0.5) is 5.69 Å². The number of hydrogen-bond donors (Lipinski definition) is 2. The first kappa shape index (κ1) is 13.4. The van der Waals surface area contributed by atoms with Gasteiger partial charge in [0.05, 0.1) is 12.3 Å². The van der Waals surface area contributed by atoms with Crippen molar-refractivity contribution in [2.24, 2.45) is 5.73 Å². The molecule has 0 radical (unpaired) electrons. The Morgan fingerprint density at radius 3 is 3.00 bits per heavy atom. The molecule has 1 rings (SSSR count). The van der Waals surface area contributed by atoms with Gasteiger partial charge in [0.2, 0.25) is 5.91 Å². The molecule has 88 valence electrons. The fourth-order valence-corrected chi connectivity index (χ4v) is 1.59. The lowest BCUT2D eigenvalue weighted by molar-refractivity contribution is -0.118. The van der Waals surface area contributed by atoms with E-state index < -0.39 is 6.04 Å². The van der Waals surface area contributed by atoms with E-state index in [9.17, 15) is 4.79 Å². The Bertz CT molecular complexity index is 387. The van der Waals surface area contributed by atoms with Crippen molar-refractivity contribution in [2.45, 2.75) is 6.04 Å². The minimum absolute atomic E-state index is 0.171. The third kappa shape index (κ3) is 3.75. The molecule has 0 saturated heterocycles. The van der Waals surface area contributed by atoms with Gasteiger partial charge >= 0.3 is 0 Å². The first-order valence-corrected chi connectivity index (χ1v) is 5.72. The summed E-state index contributed by atoms with van der Waals surface area (Å²) in [6.07, 6.45) is 0. The van der Waals surface area contributed by atoms with E-state index in [1.165, 1.54) is 7.11 Å². The van der Waals surface area contributed by atoms with Crippen molar-refractivity contribution in [1.29, 1.82) is 0 Å². The predicted octanol–water partition coefficient (Wildman–Crippen LogP) is 2.01. The summed E-state index contributed by atoms with van der Waals surface area (Å²) in [6.45, 7) is 0.171. The number of benzene rings is 1. The van der Waals surface area contributed by atoms with Crippen molar-refractivity contribution >= 4 is 39.1 Å². The van der Waals surface area contributed by atoms with Crippen molar-refractivity contribution < 1.29 is 9.53 Å². The van der Waals surface area contributed by atoms with Crippen molar-refractivity contribution in [3.05, 3.63) is 27.7 Å². The predicted molar refractivity (Wildman–Crippen MR) is 67.6 cm³/mol. The molecule has 1 unspecified atom stereocenters. The lowest BCUT2D eigenvalue weighted by Gasteiger charge is -2.12. The molecule has 0 bridgehead atoms. The number of methoxy groups -OCH3 is 1. The van der Waals surface area contributed by atoms with E-state index in [4.69, 9.17) is 22.1 Å². The van der Waals surface area contributed by atoms with E-state index in [2.05, 4.69) is 21.2 Å². The number of carbonyl (C=O) groups is 1. The molecule has 0 spiro atoms. The average molecular weight is 308 g/mol. The number of nitrogens with one attached hydrogen (secondary N) is 1. The Hall–Kier alpha value is -0.620. The normalized spacial score (nSPS) is 12.2. The first-order chi connectivity index (χ1) is 7.54. The fraction of sp³-hybridized carbons (Fsp3) is 0.300. The molecule has 0 fully saturated rings. The van der Waals surface area contributed by atoms with Gasteiger partial charge in [-0.25, -0.2) is 0 Å². The highest BCUT2D eigenvalue weighted by molar-refractivity contribution is 9.10. The second-order valence-electron chi connectivity index (χ2n) is 3.18. The van der Waals surface area contributed by atoms with Crippen LogP contribution in [0.15, 0.2) is 22.7 Å². The first-order valence-electron chi connectivity index (χ1n) is 4.55. The Kier molecular flexibility index (Phi) is 5.21. The molecule has 16 heavy (non-hydrogen) atoms. The standard InChI is InChI=1S/C10H12BrClN2O2/c1-16-5-8(13)10(15)14-9-4-6(12)2-3-7(9)11/h2-4,8H,5,13H2,1H3,(H,14,15). The zero-order chi connectivity index (χ0) is 12.1.